The van der Waals surface area contributed by atoms with Crippen molar-refractivity contribution in [1.29, 1.82) is 0 Å². The average molecular weight is 319 g/mol. The Bertz CT molecular complexity index is 729. The number of halogens is 1. The van der Waals surface area contributed by atoms with Crippen LogP contribution in [0.3, 0.4) is 0 Å². The monoisotopic (exact) mass is 318 g/mol. The predicted octanol–water partition coefficient (Wildman–Crippen LogP) is 3.85. The van der Waals surface area contributed by atoms with Gasteiger partial charge in [0.2, 0.25) is 0 Å². The first-order valence-corrected chi connectivity index (χ1v) is 6.56. The molecule has 2 aromatic heterocycles. The first kappa shape index (κ1) is 12.0. The van der Waals surface area contributed by atoms with E-state index in [2.05, 4.69) is 25.9 Å². The van der Waals surface area contributed by atoms with Crippen LogP contribution < -0.4 is 0 Å². The molecule has 1 aromatic carbocycles. The fourth-order valence-electron chi connectivity index (χ4n) is 1.93. The summed E-state index contributed by atoms with van der Waals surface area (Å²) in [6.07, 6.45) is 3.27. The molecule has 0 bridgehead atoms. The van der Waals surface area contributed by atoms with Crippen LogP contribution in [0.25, 0.3) is 10.9 Å². The summed E-state index contributed by atoms with van der Waals surface area (Å²) >= 11 is 3.42. The summed E-state index contributed by atoms with van der Waals surface area (Å²) in [5.41, 5.74) is 1.56. The van der Waals surface area contributed by atoms with E-state index in [9.17, 15) is 5.11 Å². The third-order valence-corrected chi connectivity index (χ3v) is 3.32. The Balaban J connectivity index is 1.93. The number of aromatic hydroxyl groups is 1. The van der Waals surface area contributed by atoms with Crippen LogP contribution in [-0.4, -0.2) is 16.3 Å². The largest absolute Gasteiger partial charge is 0.494 e. The Morgan fingerprint density at radius 3 is 3.05 bits per heavy atom. The molecule has 3 aromatic rings. The maximum atomic E-state index is 9.90. The molecule has 3 rings (SSSR count). The van der Waals surface area contributed by atoms with Crippen molar-refractivity contribution in [1.82, 2.24) is 4.98 Å². The van der Waals surface area contributed by atoms with Crippen molar-refractivity contribution in [2.45, 2.75) is 6.54 Å². The topological polar surface area (TPSA) is 61.5 Å². The van der Waals surface area contributed by atoms with Gasteiger partial charge in [-0.3, -0.25) is 4.99 Å². The molecule has 0 fully saturated rings. The van der Waals surface area contributed by atoms with Gasteiger partial charge in [-0.25, -0.2) is 0 Å². The fraction of sp³-hybridized carbons (Fsp3) is 0.0714. The van der Waals surface area contributed by atoms with Crippen molar-refractivity contribution in [3.63, 3.8) is 0 Å². The normalized spacial score (nSPS) is 11.6. The molecule has 0 aliphatic carbocycles. The molecule has 0 aliphatic heterocycles. The van der Waals surface area contributed by atoms with Crippen LogP contribution in [0, 0.1) is 0 Å². The summed E-state index contributed by atoms with van der Waals surface area (Å²) in [5.74, 6) is 0.910. The minimum absolute atomic E-state index is 0.122. The van der Waals surface area contributed by atoms with Gasteiger partial charge in [-0.1, -0.05) is 15.9 Å². The zero-order valence-corrected chi connectivity index (χ0v) is 11.5. The van der Waals surface area contributed by atoms with Gasteiger partial charge in [-0.15, -0.1) is 0 Å². The molecule has 2 heterocycles. The first-order valence-electron chi connectivity index (χ1n) is 5.76. The SMILES string of the molecule is Oc1[nH]c2ccc(Br)cc2c1C=NCc1ccco1. The highest BCUT2D eigenvalue weighted by Crippen LogP contribution is 2.28. The molecule has 0 atom stereocenters. The fourth-order valence-corrected chi connectivity index (χ4v) is 2.29. The lowest BCUT2D eigenvalue weighted by atomic mass is 10.2. The van der Waals surface area contributed by atoms with Crippen LogP contribution in [0.2, 0.25) is 0 Å². The number of fused-ring (bicyclic) bond motifs is 1. The van der Waals surface area contributed by atoms with Crippen molar-refractivity contribution in [3.05, 3.63) is 52.4 Å². The molecule has 2 N–H and O–H groups in total. The predicted molar refractivity (Wildman–Crippen MR) is 77.7 cm³/mol. The summed E-state index contributed by atoms with van der Waals surface area (Å²) in [6.45, 7) is 0.452. The zero-order chi connectivity index (χ0) is 13.2. The van der Waals surface area contributed by atoms with Crippen LogP contribution in [-0.2, 0) is 6.54 Å². The summed E-state index contributed by atoms with van der Waals surface area (Å²) in [4.78, 5) is 7.20. The van der Waals surface area contributed by atoms with Gasteiger partial charge in [0, 0.05) is 21.6 Å². The van der Waals surface area contributed by atoms with Crippen LogP contribution in [0.15, 0.2) is 50.5 Å². The van der Waals surface area contributed by atoms with Gasteiger partial charge in [0.25, 0.3) is 0 Å². The van der Waals surface area contributed by atoms with E-state index in [1.807, 2.05) is 30.3 Å². The van der Waals surface area contributed by atoms with E-state index in [1.54, 1.807) is 12.5 Å². The van der Waals surface area contributed by atoms with Gasteiger partial charge in [0.1, 0.15) is 5.76 Å². The number of aromatic nitrogens is 1. The number of hydrogen-bond donors (Lipinski definition) is 2. The van der Waals surface area contributed by atoms with Crippen molar-refractivity contribution in [2.24, 2.45) is 4.99 Å². The molecule has 0 spiro atoms. The summed E-state index contributed by atoms with van der Waals surface area (Å²) in [7, 11) is 0. The van der Waals surface area contributed by atoms with Crippen molar-refractivity contribution >= 4 is 33.0 Å². The Morgan fingerprint density at radius 2 is 2.26 bits per heavy atom. The van der Waals surface area contributed by atoms with Crippen LogP contribution >= 0.6 is 15.9 Å². The lowest BCUT2D eigenvalue weighted by Crippen LogP contribution is -1.82. The number of aliphatic imine (C=N–C) groups is 1. The number of nitrogens with one attached hydrogen (secondary N) is 1. The molecule has 0 aliphatic rings. The molecular formula is C14H11BrN2O2. The molecule has 96 valence electrons. The van der Waals surface area contributed by atoms with E-state index in [1.165, 1.54) is 0 Å². The second-order valence-electron chi connectivity index (χ2n) is 4.13. The molecular weight excluding hydrogens is 308 g/mol. The molecule has 4 nitrogen and oxygen atoms in total. The number of aromatic amines is 1. The lowest BCUT2D eigenvalue weighted by Gasteiger charge is -1.94. The quantitative estimate of drug-likeness (QED) is 0.720. The third-order valence-electron chi connectivity index (χ3n) is 2.83. The second kappa shape index (κ2) is 4.93. The van der Waals surface area contributed by atoms with E-state index in [-0.39, 0.29) is 5.88 Å². The molecule has 19 heavy (non-hydrogen) atoms. The summed E-state index contributed by atoms with van der Waals surface area (Å²) in [6, 6.07) is 9.46. The second-order valence-corrected chi connectivity index (χ2v) is 5.04. The van der Waals surface area contributed by atoms with E-state index in [0.717, 1.165) is 21.1 Å². The van der Waals surface area contributed by atoms with Crippen LogP contribution in [0.4, 0.5) is 0 Å². The number of rotatable bonds is 3. The standard InChI is InChI=1S/C14H11BrN2O2/c15-9-3-4-13-11(6-9)12(14(18)17-13)8-16-7-10-2-1-5-19-10/h1-6,8,17-18H,7H2. The number of furan rings is 1. The minimum atomic E-state index is 0.122. The molecule has 0 unspecified atom stereocenters. The number of H-pyrrole nitrogens is 1. The van der Waals surface area contributed by atoms with Gasteiger partial charge >= 0.3 is 0 Å². The van der Waals surface area contributed by atoms with Crippen LogP contribution in [0.5, 0.6) is 5.88 Å². The molecule has 0 saturated heterocycles. The highest BCUT2D eigenvalue weighted by Gasteiger charge is 2.08. The number of nitrogens with zero attached hydrogens (tertiary/aromatic N) is 1. The maximum Gasteiger partial charge on any atom is 0.198 e. The van der Waals surface area contributed by atoms with Crippen molar-refractivity contribution in [2.75, 3.05) is 0 Å². The molecule has 5 heteroatoms. The molecule has 0 saturated carbocycles. The van der Waals surface area contributed by atoms with E-state index in [0.29, 0.717) is 12.1 Å². The Hall–Kier alpha value is -2.01. The number of hydrogen-bond acceptors (Lipinski definition) is 3. The smallest absolute Gasteiger partial charge is 0.198 e. The molecule has 0 radical (unpaired) electrons. The van der Waals surface area contributed by atoms with Crippen molar-refractivity contribution in [3.8, 4) is 5.88 Å². The Morgan fingerprint density at radius 1 is 1.37 bits per heavy atom. The van der Waals surface area contributed by atoms with Crippen LogP contribution in [0.1, 0.15) is 11.3 Å². The highest BCUT2D eigenvalue weighted by atomic mass is 79.9. The maximum absolute atomic E-state index is 9.90. The van der Waals surface area contributed by atoms with Crippen molar-refractivity contribution < 1.29 is 9.52 Å². The minimum Gasteiger partial charge on any atom is -0.494 e. The van der Waals surface area contributed by atoms with Gasteiger partial charge < -0.3 is 14.5 Å². The summed E-state index contributed by atoms with van der Waals surface area (Å²) in [5, 5.41) is 10.8. The third kappa shape index (κ3) is 2.42. The zero-order valence-electron chi connectivity index (χ0n) is 9.93. The number of benzene rings is 1. The van der Waals surface area contributed by atoms with E-state index >= 15 is 0 Å². The van der Waals surface area contributed by atoms with E-state index in [4.69, 9.17) is 4.42 Å². The van der Waals surface area contributed by atoms with Gasteiger partial charge in [0.15, 0.2) is 5.88 Å². The lowest BCUT2D eigenvalue weighted by molar-refractivity contribution is 0.457. The highest BCUT2D eigenvalue weighted by molar-refractivity contribution is 9.10. The molecule has 0 amide bonds. The Labute approximate surface area is 117 Å². The van der Waals surface area contributed by atoms with Gasteiger partial charge in [-0.05, 0) is 30.3 Å². The van der Waals surface area contributed by atoms with Gasteiger partial charge in [0.05, 0.1) is 18.4 Å². The van der Waals surface area contributed by atoms with E-state index < -0.39 is 0 Å². The Kier molecular flexibility index (Phi) is 3.13. The van der Waals surface area contributed by atoms with Gasteiger partial charge in [-0.2, -0.15) is 0 Å². The summed E-state index contributed by atoms with van der Waals surface area (Å²) < 4.78 is 6.16. The first-order chi connectivity index (χ1) is 9.24. The average Bonchev–Trinajstić information content (AvgIpc) is 2.99.